The zero-order chi connectivity index (χ0) is 12.6. The maximum absolute atomic E-state index is 5.80. The van der Waals surface area contributed by atoms with Crippen LogP contribution in [0, 0.1) is 5.92 Å². The number of hydrogen-bond donors (Lipinski definition) is 2. The average molecular weight is 374 g/mol. The van der Waals surface area contributed by atoms with E-state index in [-0.39, 0.29) is 24.0 Å². The van der Waals surface area contributed by atoms with E-state index in [1.807, 2.05) is 24.4 Å². The molecule has 1 aliphatic carbocycles. The van der Waals surface area contributed by atoms with Gasteiger partial charge in [-0.1, -0.05) is 25.3 Å². The highest BCUT2D eigenvalue weighted by Crippen LogP contribution is 2.28. The summed E-state index contributed by atoms with van der Waals surface area (Å²) in [6, 6.07) is 5.94. The SMILES string of the molecule is I.NC(=NCCC1CCC1)NCCc1ccccn1. The lowest BCUT2D eigenvalue weighted by Crippen LogP contribution is -2.33. The highest BCUT2D eigenvalue weighted by atomic mass is 127. The van der Waals surface area contributed by atoms with Crippen LogP contribution in [0.15, 0.2) is 29.4 Å². The fraction of sp³-hybridized carbons (Fsp3) is 0.571. The monoisotopic (exact) mass is 374 g/mol. The molecule has 0 bridgehead atoms. The maximum atomic E-state index is 5.80. The molecule has 5 heteroatoms. The first-order chi connectivity index (χ1) is 8.84. The summed E-state index contributed by atoms with van der Waals surface area (Å²) in [5.74, 6) is 1.46. The van der Waals surface area contributed by atoms with Crippen LogP contribution in [-0.2, 0) is 6.42 Å². The number of aromatic nitrogens is 1. The van der Waals surface area contributed by atoms with Crippen molar-refractivity contribution >= 4 is 29.9 Å². The summed E-state index contributed by atoms with van der Waals surface area (Å²) < 4.78 is 0. The van der Waals surface area contributed by atoms with Crippen molar-refractivity contribution in [3.63, 3.8) is 0 Å². The molecule has 0 atom stereocenters. The molecular weight excluding hydrogens is 351 g/mol. The number of hydrogen-bond acceptors (Lipinski definition) is 2. The third kappa shape index (κ3) is 6.22. The molecule has 1 aromatic rings. The van der Waals surface area contributed by atoms with Crippen LogP contribution in [0.2, 0.25) is 0 Å². The number of halogens is 1. The normalized spacial score (nSPS) is 15.5. The van der Waals surface area contributed by atoms with Gasteiger partial charge in [0.05, 0.1) is 0 Å². The Morgan fingerprint density at radius 3 is 2.89 bits per heavy atom. The van der Waals surface area contributed by atoms with Crippen LogP contribution in [0.3, 0.4) is 0 Å². The summed E-state index contributed by atoms with van der Waals surface area (Å²) in [6.45, 7) is 1.64. The zero-order valence-electron chi connectivity index (χ0n) is 11.2. The Morgan fingerprint density at radius 2 is 2.26 bits per heavy atom. The van der Waals surface area contributed by atoms with E-state index in [4.69, 9.17) is 5.73 Å². The second kappa shape index (κ2) is 9.12. The Morgan fingerprint density at radius 1 is 1.42 bits per heavy atom. The lowest BCUT2D eigenvalue weighted by atomic mass is 9.83. The standard InChI is InChI=1S/C14H22N4.HI/c15-14(17-10-7-12-4-3-5-12)18-11-8-13-6-1-2-9-16-13;/h1-2,6,9,12H,3-5,7-8,10-11H2,(H3,15,17,18);1H. The van der Waals surface area contributed by atoms with E-state index in [9.17, 15) is 0 Å². The molecule has 0 unspecified atom stereocenters. The summed E-state index contributed by atoms with van der Waals surface area (Å²) in [6.07, 6.45) is 8.02. The highest BCUT2D eigenvalue weighted by Gasteiger charge is 2.16. The molecule has 1 fully saturated rings. The van der Waals surface area contributed by atoms with Crippen molar-refractivity contribution in [1.29, 1.82) is 0 Å². The van der Waals surface area contributed by atoms with Gasteiger partial charge in [-0.05, 0) is 24.5 Å². The molecule has 1 aliphatic rings. The van der Waals surface area contributed by atoms with Gasteiger partial charge in [0.2, 0.25) is 0 Å². The van der Waals surface area contributed by atoms with E-state index < -0.39 is 0 Å². The molecule has 1 heterocycles. The van der Waals surface area contributed by atoms with Crippen molar-refractivity contribution in [2.24, 2.45) is 16.6 Å². The number of pyridine rings is 1. The summed E-state index contributed by atoms with van der Waals surface area (Å²) in [7, 11) is 0. The van der Waals surface area contributed by atoms with Gasteiger partial charge in [0, 0.05) is 31.4 Å². The fourth-order valence-electron chi connectivity index (χ4n) is 2.07. The van der Waals surface area contributed by atoms with Gasteiger partial charge in [-0.2, -0.15) is 0 Å². The van der Waals surface area contributed by atoms with Gasteiger partial charge in [-0.3, -0.25) is 9.98 Å². The first-order valence-corrected chi connectivity index (χ1v) is 6.78. The van der Waals surface area contributed by atoms with Crippen molar-refractivity contribution < 1.29 is 0 Å². The molecule has 2 rings (SSSR count). The predicted octanol–water partition coefficient (Wildman–Crippen LogP) is 2.34. The fourth-order valence-corrected chi connectivity index (χ4v) is 2.07. The second-order valence-electron chi connectivity index (χ2n) is 4.85. The molecule has 0 aromatic carbocycles. The summed E-state index contributed by atoms with van der Waals surface area (Å²) in [4.78, 5) is 8.60. The van der Waals surface area contributed by atoms with E-state index in [1.165, 1.54) is 25.7 Å². The smallest absolute Gasteiger partial charge is 0.188 e. The molecule has 0 saturated heterocycles. The largest absolute Gasteiger partial charge is 0.370 e. The Hall–Kier alpha value is -0.850. The molecule has 0 spiro atoms. The lowest BCUT2D eigenvalue weighted by molar-refractivity contribution is 0.300. The quantitative estimate of drug-likeness (QED) is 0.457. The van der Waals surface area contributed by atoms with Crippen molar-refractivity contribution in [3.05, 3.63) is 30.1 Å². The van der Waals surface area contributed by atoms with Gasteiger partial charge in [0.25, 0.3) is 0 Å². The van der Waals surface area contributed by atoms with Gasteiger partial charge in [-0.25, -0.2) is 0 Å². The first-order valence-electron chi connectivity index (χ1n) is 6.78. The van der Waals surface area contributed by atoms with Crippen molar-refractivity contribution in [3.8, 4) is 0 Å². The van der Waals surface area contributed by atoms with E-state index in [2.05, 4.69) is 15.3 Å². The minimum absolute atomic E-state index is 0. The highest BCUT2D eigenvalue weighted by molar-refractivity contribution is 14.0. The van der Waals surface area contributed by atoms with Crippen molar-refractivity contribution in [2.75, 3.05) is 13.1 Å². The summed E-state index contributed by atoms with van der Waals surface area (Å²) in [5.41, 5.74) is 6.88. The van der Waals surface area contributed by atoms with Crippen LogP contribution in [0.5, 0.6) is 0 Å². The lowest BCUT2D eigenvalue weighted by Gasteiger charge is -2.24. The van der Waals surface area contributed by atoms with Gasteiger partial charge >= 0.3 is 0 Å². The number of nitrogens with two attached hydrogens (primary N) is 1. The molecule has 0 amide bonds. The Labute approximate surface area is 132 Å². The molecule has 4 nitrogen and oxygen atoms in total. The van der Waals surface area contributed by atoms with Crippen molar-refractivity contribution in [1.82, 2.24) is 10.3 Å². The Bertz CT molecular complexity index is 376. The summed E-state index contributed by atoms with van der Waals surface area (Å²) >= 11 is 0. The van der Waals surface area contributed by atoms with Gasteiger partial charge in [0.1, 0.15) is 0 Å². The minimum Gasteiger partial charge on any atom is -0.370 e. The molecule has 0 aliphatic heterocycles. The Balaban J connectivity index is 0.00000180. The zero-order valence-corrected chi connectivity index (χ0v) is 13.5. The van der Waals surface area contributed by atoms with Crippen LogP contribution in [0.1, 0.15) is 31.4 Å². The van der Waals surface area contributed by atoms with E-state index in [0.29, 0.717) is 5.96 Å². The van der Waals surface area contributed by atoms with Crippen LogP contribution in [0.25, 0.3) is 0 Å². The number of guanidine groups is 1. The van der Waals surface area contributed by atoms with Gasteiger partial charge in [0.15, 0.2) is 5.96 Å². The minimum atomic E-state index is 0. The second-order valence-corrected chi connectivity index (χ2v) is 4.85. The van der Waals surface area contributed by atoms with Gasteiger partial charge in [-0.15, -0.1) is 24.0 Å². The van der Waals surface area contributed by atoms with E-state index in [1.54, 1.807) is 0 Å². The molecular formula is C14H23IN4. The predicted molar refractivity (Wildman–Crippen MR) is 89.8 cm³/mol. The third-order valence-electron chi connectivity index (χ3n) is 3.46. The first kappa shape index (κ1) is 16.2. The van der Waals surface area contributed by atoms with Crippen LogP contribution >= 0.6 is 24.0 Å². The number of nitrogens with one attached hydrogen (secondary N) is 1. The van der Waals surface area contributed by atoms with Crippen LogP contribution in [0.4, 0.5) is 0 Å². The molecule has 19 heavy (non-hydrogen) atoms. The Kier molecular flexibility index (Phi) is 7.78. The van der Waals surface area contributed by atoms with Crippen molar-refractivity contribution in [2.45, 2.75) is 32.1 Å². The average Bonchev–Trinajstić information content (AvgIpc) is 2.34. The third-order valence-corrected chi connectivity index (χ3v) is 3.46. The van der Waals surface area contributed by atoms with Gasteiger partial charge < -0.3 is 11.1 Å². The summed E-state index contributed by atoms with van der Waals surface area (Å²) in [5, 5.41) is 3.13. The molecule has 1 aromatic heterocycles. The molecule has 0 radical (unpaired) electrons. The van der Waals surface area contributed by atoms with E-state index in [0.717, 1.165) is 31.1 Å². The number of aliphatic imine (C=N–C) groups is 1. The number of rotatable bonds is 6. The van der Waals surface area contributed by atoms with Crippen LogP contribution in [-0.4, -0.2) is 24.0 Å². The molecule has 106 valence electrons. The molecule has 3 N–H and O–H groups in total. The van der Waals surface area contributed by atoms with E-state index >= 15 is 0 Å². The maximum Gasteiger partial charge on any atom is 0.188 e. The topological polar surface area (TPSA) is 63.3 Å². The number of nitrogens with zero attached hydrogens (tertiary/aromatic N) is 2. The van der Waals surface area contributed by atoms with Crippen LogP contribution < -0.4 is 11.1 Å². The molecule has 1 saturated carbocycles.